The Labute approximate surface area is 207 Å². The molecule has 192 valence electrons. The van der Waals surface area contributed by atoms with Gasteiger partial charge in [-0.2, -0.15) is 5.06 Å². The van der Waals surface area contributed by atoms with Crippen LogP contribution >= 0.6 is 11.3 Å². The van der Waals surface area contributed by atoms with E-state index < -0.39 is 23.9 Å². The van der Waals surface area contributed by atoms with Crippen LogP contribution in [0.2, 0.25) is 0 Å². The highest BCUT2D eigenvalue weighted by atomic mass is 32.1. The van der Waals surface area contributed by atoms with Crippen molar-refractivity contribution in [2.75, 3.05) is 18.9 Å². The normalized spacial score (nSPS) is 17.2. The molecule has 0 spiro atoms. The number of ether oxygens (including phenoxy) is 2. The first kappa shape index (κ1) is 26.3. The van der Waals surface area contributed by atoms with Gasteiger partial charge in [-0.3, -0.25) is 19.8 Å². The molecule has 1 fully saturated rings. The Bertz CT molecular complexity index is 1170. The molecule has 16 heteroatoms. The minimum atomic E-state index is -0.945. The molecule has 2 aromatic rings. The molecule has 0 bridgehead atoms. The van der Waals surface area contributed by atoms with Crippen LogP contribution in [0.4, 0.5) is 5.13 Å². The van der Waals surface area contributed by atoms with Crippen molar-refractivity contribution in [3.05, 3.63) is 40.4 Å². The zero-order chi connectivity index (χ0) is 26.2. The number of nitrogens with zero attached hydrogens (tertiary/aromatic N) is 3. The van der Waals surface area contributed by atoms with E-state index >= 15 is 0 Å². The van der Waals surface area contributed by atoms with Crippen LogP contribution in [0.25, 0.3) is 0 Å². The Balaban J connectivity index is 1.64. The number of β-lactam (4-membered cyclic amide) rings is 1. The van der Waals surface area contributed by atoms with E-state index in [0.29, 0.717) is 21.9 Å². The predicted molar refractivity (Wildman–Crippen MR) is 125 cm³/mol. The molecule has 7 N–H and O–H groups in total. The number of rotatable bonds is 13. The molecule has 1 aliphatic heterocycles. The highest BCUT2D eigenvalue weighted by Crippen LogP contribution is 2.22. The van der Waals surface area contributed by atoms with E-state index in [0.717, 1.165) is 11.3 Å². The number of nitrogens with two attached hydrogens (primary N) is 2. The third kappa shape index (κ3) is 6.04. The van der Waals surface area contributed by atoms with Gasteiger partial charge in [-0.15, -0.1) is 16.3 Å². The van der Waals surface area contributed by atoms with E-state index in [4.69, 9.17) is 36.4 Å². The first-order valence-electron chi connectivity index (χ1n) is 10.3. The zero-order valence-electron chi connectivity index (χ0n) is 18.9. The number of carbonyl (C=O) groups is 3. The predicted octanol–water partition coefficient (Wildman–Crippen LogP) is -0.398. The lowest BCUT2D eigenvalue weighted by molar-refractivity contribution is -0.405. The van der Waals surface area contributed by atoms with Crippen LogP contribution < -0.4 is 21.5 Å². The number of carbonyl (C=O) groups excluding carboxylic acids is 3. The number of amidine groups is 1. The smallest absolute Gasteiger partial charge is 0.293 e. The number of thiazole rings is 1. The minimum absolute atomic E-state index is 0.00788. The molecule has 1 aromatic heterocycles. The second-order valence-corrected chi connectivity index (χ2v) is 8.16. The van der Waals surface area contributed by atoms with Crippen LogP contribution in [-0.2, 0) is 35.6 Å². The van der Waals surface area contributed by atoms with Crippen molar-refractivity contribution in [3.63, 3.8) is 0 Å². The number of oxime groups is 1. The van der Waals surface area contributed by atoms with Gasteiger partial charge in [0.1, 0.15) is 36.5 Å². The van der Waals surface area contributed by atoms with Crippen molar-refractivity contribution in [1.82, 2.24) is 15.4 Å². The van der Waals surface area contributed by atoms with E-state index in [1.807, 2.05) is 0 Å². The van der Waals surface area contributed by atoms with Crippen molar-refractivity contribution in [1.29, 1.82) is 5.41 Å². The Hall–Kier alpha value is -4.28. The lowest BCUT2D eigenvalue weighted by Gasteiger charge is -2.41. The van der Waals surface area contributed by atoms with Crippen LogP contribution in [-0.4, -0.2) is 70.4 Å². The lowest BCUT2D eigenvalue weighted by Crippen LogP contribution is -2.69. The standard InChI is InChI=1S/C20H23N7O8S/c1-10-15(19(30)27(10)35-31)25-18(29)16(13-8-36-20(23)24-13)26-34-5-4-33-14-3-2-11(17(21)22)6-12(14)7-32-9-28/h2-3,6,8-10,15,31H,4-5,7H2,1H3,(H3,21,22)(H2,23,24)(H,25,29)/b26-16-/t10-,15-/m0/s1. The first-order valence-corrected chi connectivity index (χ1v) is 11.2. The monoisotopic (exact) mass is 521 g/mol. The van der Waals surface area contributed by atoms with Gasteiger partial charge >= 0.3 is 0 Å². The molecule has 1 aliphatic rings. The zero-order valence-corrected chi connectivity index (χ0v) is 19.7. The summed E-state index contributed by atoms with van der Waals surface area (Å²) in [6, 6.07) is 3.13. The van der Waals surface area contributed by atoms with Gasteiger partial charge < -0.3 is 31.1 Å². The van der Waals surface area contributed by atoms with Crippen LogP contribution in [0.3, 0.4) is 0 Å². The van der Waals surface area contributed by atoms with Crippen molar-refractivity contribution in [3.8, 4) is 5.75 Å². The summed E-state index contributed by atoms with van der Waals surface area (Å²) in [5.74, 6) is -1.19. The third-order valence-electron chi connectivity index (χ3n) is 4.96. The summed E-state index contributed by atoms with van der Waals surface area (Å²) < 4.78 is 10.4. The summed E-state index contributed by atoms with van der Waals surface area (Å²) in [4.78, 5) is 48.5. The Kier molecular flexibility index (Phi) is 8.71. The van der Waals surface area contributed by atoms with E-state index in [2.05, 4.69) is 20.4 Å². The highest BCUT2D eigenvalue weighted by Gasteiger charge is 2.47. The molecule has 2 atom stereocenters. The van der Waals surface area contributed by atoms with Gasteiger partial charge in [-0.1, -0.05) is 5.16 Å². The second-order valence-electron chi connectivity index (χ2n) is 7.27. The number of hydrogen-bond acceptors (Lipinski definition) is 13. The minimum Gasteiger partial charge on any atom is -0.490 e. The van der Waals surface area contributed by atoms with Crippen LogP contribution in [0.5, 0.6) is 5.75 Å². The van der Waals surface area contributed by atoms with E-state index in [9.17, 15) is 14.4 Å². The first-order chi connectivity index (χ1) is 17.3. The summed E-state index contributed by atoms with van der Waals surface area (Å²) in [5, 5.41) is 24.9. The maximum Gasteiger partial charge on any atom is 0.293 e. The summed E-state index contributed by atoms with van der Waals surface area (Å²) in [7, 11) is 0. The molecule has 0 aliphatic carbocycles. The molecule has 2 heterocycles. The number of nitrogens with one attached hydrogen (secondary N) is 2. The molecule has 0 radical (unpaired) electrons. The molecule has 15 nitrogen and oxygen atoms in total. The van der Waals surface area contributed by atoms with Crippen molar-refractivity contribution < 1.29 is 38.9 Å². The van der Waals surface area contributed by atoms with Crippen molar-refractivity contribution >= 4 is 46.3 Å². The average molecular weight is 522 g/mol. The van der Waals surface area contributed by atoms with Crippen LogP contribution in [0, 0.1) is 5.41 Å². The molecule has 2 amide bonds. The number of amides is 2. The van der Waals surface area contributed by atoms with E-state index in [-0.39, 0.29) is 48.7 Å². The average Bonchev–Trinajstić information content (AvgIpc) is 3.29. The van der Waals surface area contributed by atoms with Gasteiger partial charge in [0, 0.05) is 16.5 Å². The largest absolute Gasteiger partial charge is 0.490 e. The second kappa shape index (κ2) is 11.9. The molecular formula is C20H23N7O8S. The van der Waals surface area contributed by atoms with Crippen molar-refractivity contribution in [2.45, 2.75) is 25.6 Å². The van der Waals surface area contributed by atoms with Crippen molar-refractivity contribution in [2.24, 2.45) is 10.9 Å². The molecular weight excluding hydrogens is 498 g/mol. The van der Waals surface area contributed by atoms with Gasteiger partial charge in [0.25, 0.3) is 18.3 Å². The lowest BCUT2D eigenvalue weighted by atomic mass is 10.00. The maximum atomic E-state index is 12.8. The number of aromatic nitrogens is 1. The van der Waals surface area contributed by atoms with Gasteiger partial charge in [0.2, 0.25) is 0 Å². The molecule has 1 saturated heterocycles. The van der Waals surface area contributed by atoms with Gasteiger partial charge in [-0.25, -0.2) is 10.2 Å². The van der Waals surface area contributed by atoms with E-state index in [1.165, 1.54) is 5.38 Å². The Morgan fingerprint density at radius 2 is 2.19 bits per heavy atom. The molecule has 0 saturated carbocycles. The third-order valence-corrected chi connectivity index (χ3v) is 5.63. The fourth-order valence-electron chi connectivity index (χ4n) is 3.13. The number of hydroxylamine groups is 2. The summed E-state index contributed by atoms with van der Waals surface area (Å²) >= 11 is 1.08. The summed E-state index contributed by atoms with van der Waals surface area (Å²) in [5.41, 5.74) is 12.0. The maximum absolute atomic E-state index is 12.8. The number of nitrogen functional groups attached to an aromatic ring is 2. The quantitative estimate of drug-likeness (QED) is 0.0433. The number of hydrogen-bond donors (Lipinski definition) is 5. The molecule has 36 heavy (non-hydrogen) atoms. The van der Waals surface area contributed by atoms with Gasteiger partial charge in [0.05, 0.1) is 6.04 Å². The molecule has 3 rings (SSSR count). The van der Waals surface area contributed by atoms with Crippen LogP contribution in [0.1, 0.15) is 23.7 Å². The number of anilines is 1. The fourth-order valence-corrected chi connectivity index (χ4v) is 3.68. The summed E-state index contributed by atoms with van der Waals surface area (Å²) in [6.07, 6.45) is 0. The molecule has 1 aromatic carbocycles. The highest BCUT2D eigenvalue weighted by molar-refractivity contribution is 7.13. The topological polar surface area (TPSA) is 225 Å². The van der Waals surface area contributed by atoms with Crippen LogP contribution in [0.15, 0.2) is 28.7 Å². The van der Waals surface area contributed by atoms with E-state index in [1.54, 1.807) is 25.1 Å². The fraction of sp³-hybridized carbons (Fsp3) is 0.300. The summed E-state index contributed by atoms with van der Waals surface area (Å²) in [6.45, 7) is 1.65. The number of benzene rings is 1. The van der Waals surface area contributed by atoms with Gasteiger partial charge in [-0.05, 0) is 25.1 Å². The van der Waals surface area contributed by atoms with Gasteiger partial charge in [0.15, 0.2) is 17.5 Å². The SMILES string of the molecule is C[C@H]1[C@H](NC(=O)/C(=N\OCCOc2ccc(C(=N)N)cc2COC=O)c2csc(N)n2)C(=O)N1OO. The Morgan fingerprint density at radius 3 is 2.81 bits per heavy atom. The molecule has 0 unspecified atom stereocenters. The Morgan fingerprint density at radius 1 is 1.42 bits per heavy atom.